The van der Waals surface area contributed by atoms with Crippen LogP contribution < -0.4 is 10.6 Å². The first-order valence-corrected chi connectivity index (χ1v) is 8.26. The Morgan fingerprint density at radius 3 is 2.68 bits per heavy atom. The number of hydrogen-bond donors (Lipinski definition) is 2. The summed E-state index contributed by atoms with van der Waals surface area (Å²) in [6.45, 7) is 4.95. The third-order valence-corrected chi connectivity index (χ3v) is 5.19. The smallest absolute Gasteiger partial charge is 0.227 e. The normalized spacial score (nSPS) is 29.1. The van der Waals surface area contributed by atoms with Crippen molar-refractivity contribution < 1.29 is 4.79 Å². The second-order valence-corrected chi connectivity index (χ2v) is 6.46. The molecule has 2 fully saturated rings. The molecular weight excluding hydrogens is 236 g/mol. The molecule has 3 heteroatoms. The Balaban J connectivity index is 1.73. The van der Waals surface area contributed by atoms with Crippen LogP contribution in [-0.4, -0.2) is 25.5 Å². The van der Waals surface area contributed by atoms with E-state index in [2.05, 4.69) is 17.6 Å². The summed E-state index contributed by atoms with van der Waals surface area (Å²) < 4.78 is 0. The minimum Gasteiger partial charge on any atom is -0.356 e. The van der Waals surface area contributed by atoms with Gasteiger partial charge in [-0.1, -0.05) is 39.0 Å². The van der Waals surface area contributed by atoms with Crippen molar-refractivity contribution >= 4 is 5.91 Å². The van der Waals surface area contributed by atoms with Crippen molar-refractivity contribution in [3.8, 4) is 0 Å². The van der Waals surface area contributed by atoms with Gasteiger partial charge in [0.25, 0.3) is 0 Å². The van der Waals surface area contributed by atoms with E-state index in [0.717, 1.165) is 44.8 Å². The fourth-order valence-corrected chi connectivity index (χ4v) is 3.68. The van der Waals surface area contributed by atoms with Gasteiger partial charge < -0.3 is 10.6 Å². The lowest BCUT2D eigenvalue weighted by molar-refractivity contribution is -0.132. The Hall–Kier alpha value is -0.570. The molecule has 1 aliphatic carbocycles. The largest absolute Gasteiger partial charge is 0.356 e. The number of carbonyl (C=O) groups excluding carboxylic acids is 1. The van der Waals surface area contributed by atoms with Crippen LogP contribution >= 0.6 is 0 Å². The molecule has 1 aliphatic heterocycles. The standard InChI is InChI=1S/C16H30N2O/c1-2-16(10-6-11-17-13-16)15(19)18-12-9-14-7-4-3-5-8-14/h14,17H,2-13H2,1H3,(H,18,19). The van der Waals surface area contributed by atoms with Gasteiger partial charge in [0.05, 0.1) is 5.41 Å². The van der Waals surface area contributed by atoms with Crippen LogP contribution in [-0.2, 0) is 4.79 Å². The number of piperidine rings is 1. The molecule has 2 aliphatic rings. The first-order chi connectivity index (χ1) is 9.27. The van der Waals surface area contributed by atoms with Crippen LogP contribution in [0.25, 0.3) is 0 Å². The highest BCUT2D eigenvalue weighted by atomic mass is 16.2. The maximum atomic E-state index is 12.4. The summed E-state index contributed by atoms with van der Waals surface area (Å²) >= 11 is 0. The molecular formula is C16H30N2O. The van der Waals surface area contributed by atoms with Gasteiger partial charge in [0.2, 0.25) is 5.91 Å². The predicted molar refractivity (Wildman–Crippen MR) is 79.0 cm³/mol. The molecule has 3 nitrogen and oxygen atoms in total. The summed E-state index contributed by atoms with van der Waals surface area (Å²) in [7, 11) is 0. The van der Waals surface area contributed by atoms with Gasteiger partial charge >= 0.3 is 0 Å². The zero-order chi connectivity index (χ0) is 13.6. The molecule has 2 rings (SSSR count). The average molecular weight is 266 g/mol. The lowest BCUT2D eigenvalue weighted by atomic mass is 9.77. The molecule has 1 saturated heterocycles. The van der Waals surface area contributed by atoms with Crippen LogP contribution in [0.2, 0.25) is 0 Å². The van der Waals surface area contributed by atoms with E-state index < -0.39 is 0 Å². The topological polar surface area (TPSA) is 41.1 Å². The molecule has 1 saturated carbocycles. The van der Waals surface area contributed by atoms with E-state index in [-0.39, 0.29) is 11.3 Å². The Kier molecular flexibility index (Phi) is 5.68. The Labute approximate surface area is 117 Å². The van der Waals surface area contributed by atoms with Crippen LogP contribution in [0.15, 0.2) is 0 Å². The van der Waals surface area contributed by atoms with Gasteiger partial charge in [-0.2, -0.15) is 0 Å². The maximum absolute atomic E-state index is 12.4. The molecule has 0 bridgehead atoms. The third kappa shape index (κ3) is 3.95. The summed E-state index contributed by atoms with van der Waals surface area (Å²) in [6, 6.07) is 0. The first kappa shape index (κ1) is 14.8. The van der Waals surface area contributed by atoms with Gasteiger partial charge in [-0.25, -0.2) is 0 Å². The molecule has 2 N–H and O–H groups in total. The van der Waals surface area contributed by atoms with Gasteiger partial charge in [-0.15, -0.1) is 0 Å². The van der Waals surface area contributed by atoms with E-state index in [1.807, 2.05) is 0 Å². The highest BCUT2D eigenvalue weighted by Crippen LogP contribution is 2.30. The van der Waals surface area contributed by atoms with Crippen LogP contribution in [0.4, 0.5) is 0 Å². The molecule has 0 aromatic heterocycles. The minimum absolute atomic E-state index is 0.134. The number of nitrogens with one attached hydrogen (secondary N) is 2. The lowest BCUT2D eigenvalue weighted by Crippen LogP contribution is -2.50. The molecule has 110 valence electrons. The first-order valence-electron chi connectivity index (χ1n) is 8.26. The summed E-state index contributed by atoms with van der Waals surface area (Å²) in [5, 5.41) is 6.60. The van der Waals surface area contributed by atoms with Crippen molar-refractivity contribution in [1.82, 2.24) is 10.6 Å². The zero-order valence-corrected chi connectivity index (χ0v) is 12.5. The molecule has 0 aromatic rings. The monoisotopic (exact) mass is 266 g/mol. The van der Waals surface area contributed by atoms with E-state index in [1.165, 1.54) is 38.5 Å². The summed E-state index contributed by atoms with van der Waals surface area (Å²) in [6.07, 6.45) is 11.2. The van der Waals surface area contributed by atoms with Gasteiger partial charge in [0.15, 0.2) is 0 Å². The molecule has 19 heavy (non-hydrogen) atoms. The third-order valence-electron chi connectivity index (χ3n) is 5.19. The number of hydrogen-bond acceptors (Lipinski definition) is 2. The van der Waals surface area contributed by atoms with Crippen molar-refractivity contribution in [2.75, 3.05) is 19.6 Å². The molecule has 1 unspecified atom stereocenters. The van der Waals surface area contributed by atoms with Gasteiger partial charge in [-0.3, -0.25) is 4.79 Å². The van der Waals surface area contributed by atoms with Crippen molar-refractivity contribution in [1.29, 1.82) is 0 Å². The number of carbonyl (C=O) groups is 1. The van der Waals surface area contributed by atoms with E-state index in [0.29, 0.717) is 0 Å². The fraction of sp³-hybridized carbons (Fsp3) is 0.938. The molecule has 0 radical (unpaired) electrons. The lowest BCUT2D eigenvalue weighted by Gasteiger charge is -2.35. The summed E-state index contributed by atoms with van der Waals surface area (Å²) in [4.78, 5) is 12.4. The van der Waals surface area contributed by atoms with Crippen molar-refractivity contribution in [3.63, 3.8) is 0 Å². The molecule has 0 spiro atoms. The minimum atomic E-state index is -0.134. The van der Waals surface area contributed by atoms with E-state index in [9.17, 15) is 4.79 Å². The molecule has 0 aromatic carbocycles. The van der Waals surface area contributed by atoms with Crippen LogP contribution in [0.1, 0.15) is 64.7 Å². The van der Waals surface area contributed by atoms with E-state index in [4.69, 9.17) is 0 Å². The average Bonchev–Trinajstić information content (AvgIpc) is 2.49. The van der Waals surface area contributed by atoms with Crippen molar-refractivity contribution in [2.24, 2.45) is 11.3 Å². The Morgan fingerprint density at radius 1 is 1.26 bits per heavy atom. The highest BCUT2D eigenvalue weighted by Gasteiger charge is 2.37. The summed E-state index contributed by atoms with van der Waals surface area (Å²) in [5.41, 5.74) is -0.134. The van der Waals surface area contributed by atoms with Gasteiger partial charge in [-0.05, 0) is 38.1 Å². The zero-order valence-electron chi connectivity index (χ0n) is 12.5. The SMILES string of the molecule is CCC1(C(=O)NCCC2CCCCC2)CCCNC1. The van der Waals surface area contributed by atoms with Crippen LogP contribution in [0.3, 0.4) is 0 Å². The van der Waals surface area contributed by atoms with Crippen molar-refractivity contribution in [3.05, 3.63) is 0 Å². The second kappa shape index (κ2) is 7.28. The quantitative estimate of drug-likeness (QED) is 0.803. The Bertz CT molecular complexity index is 278. The van der Waals surface area contributed by atoms with Crippen LogP contribution in [0, 0.1) is 11.3 Å². The summed E-state index contributed by atoms with van der Waals surface area (Å²) in [5.74, 6) is 1.15. The highest BCUT2D eigenvalue weighted by molar-refractivity contribution is 5.82. The number of amides is 1. The maximum Gasteiger partial charge on any atom is 0.227 e. The van der Waals surface area contributed by atoms with Crippen LogP contribution in [0.5, 0.6) is 0 Å². The number of rotatable bonds is 5. The Morgan fingerprint density at radius 2 is 2.05 bits per heavy atom. The van der Waals surface area contributed by atoms with Gasteiger partial charge in [0, 0.05) is 13.1 Å². The molecule has 1 heterocycles. The second-order valence-electron chi connectivity index (χ2n) is 6.46. The predicted octanol–water partition coefficient (Wildman–Crippen LogP) is 2.85. The van der Waals surface area contributed by atoms with Crippen molar-refractivity contribution in [2.45, 2.75) is 64.7 Å². The van der Waals surface area contributed by atoms with E-state index in [1.54, 1.807) is 0 Å². The molecule has 1 atom stereocenters. The van der Waals surface area contributed by atoms with E-state index >= 15 is 0 Å². The van der Waals surface area contributed by atoms with Gasteiger partial charge in [0.1, 0.15) is 0 Å². The molecule has 1 amide bonds. The fourth-order valence-electron chi connectivity index (χ4n) is 3.68.